The van der Waals surface area contributed by atoms with E-state index < -0.39 is 11.9 Å². The van der Waals surface area contributed by atoms with E-state index >= 15 is 0 Å². The lowest BCUT2D eigenvalue weighted by molar-refractivity contribution is 0.0600. The van der Waals surface area contributed by atoms with Crippen molar-refractivity contribution < 1.29 is 19.1 Å². The number of carbonyl (C=O) groups excluding carboxylic acids is 2. The van der Waals surface area contributed by atoms with Crippen LogP contribution in [0.3, 0.4) is 0 Å². The summed E-state index contributed by atoms with van der Waals surface area (Å²) < 4.78 is 10.7. The third-order valence-electron chi connectivity index (χ3n) is 7.16. The molecular formula is C36H30O4. The number of rotatable bonds is 7. The summed E-state index contributed by atoms with van der Waals surface area (Å²) in [4.78, 5) is 25.1. The highest BCUT2D eigenvalue weighted by atomic mass is 16.5. The molecular weight excluding hydrogens is 496 g/mol. The Morgan fingerprint density at radius 1 is 0.600 bits per heavy atom. The zero-order valence-electron chi connectivity index (χ0n) is 22.8. The summed E-state index contributed by atoms with van der Waals surface area (Å²) >= 11 is 0. The SMILES string of the molecule is COC(=O)c1cccc(C(=O)Oc2ccc(C(C)c3ccc(C)c(-c4ccccc4)c3)cc2-c2ccccc2)c1. The van der Waals surface area contributed by atoms with Crippen LogP contribution in [0, 0.1) is 6.92 Å². The summed E-state index contributed by atoms with van der Waals surface area (Å²) in [6.07, 6.45) is 0. The second kappa shape index (κ2) is 11.8. The monoisotopic (exact) mass is 526 g/mol. The van der Waals surface area contributed by atoms with Crippen molar-refractivity contribution in [3.05, 3.63) is 149 Å². The fourth-order valence-electron chi connectivity index (χ4n) is 4.83. The maximum atomic E-state index is 13.1. The first-order chi connectivity index (χ1) is 19.4. The van der Waals surface area contributed by atoms with Crippen LogP contribution in [0.4, 0.5) is 0 Å². The molecule has 0 saturated carbocycles. The molecule has 1 atom stereocenters. The van der Waals surface area contributed by atoms with Gasteiger partial charge in [0.15, 0.2) is 0 Å². The number of esters is 2. The van der Waals surface area contributed by atoms with Crippen LogP contribution in [0.25, 0.3) is 22.3 Å². The molecule has 0 saturated heterocycles. The first kappa shape index (κ1) is 26.6. The summed E-state index contributed by atoms with van der Waals surface area (Å²) in [6, 6.07) is 39.2. The lowest BCUT2D eigenvalue weighted by Gasteiger charge is -2.18. The van der Waals surface area contributed by atoms with Gasteiger partial charge in [-0.15, -0.1) is 0 Å². The van der Waals surface area contributed by atoms with Crippen molar-refractivity contribution >= 4 is 11.9 Å². The zero-order valence-corrected chi connectivity index (χ0v) is 22.8. The van der Waals surface area contributed by atoms with Gasteiger partial charge in [-0.2, -0.15) is 0 Å². The van der Waals surface area contributed by atoms with Crippen LogP contribution >= 0.6 is 0 Å². The Hall–Kier alpha value is -4.96. The van der Waals surface area contributed by atoms with Crippen LogP contribution < -0.4 is 4.74 Å². The average molecular weight is 527 g/mol. The Bertz CT molecular complexity index is 1660. The van der Waals surface area contributed by atoms with Crippen LogP contribution in [0.1, 0.15) is 50.2 Å². The van der Waals surface area contributed by atoms with E-state index in [0.717, 1.165) is 16.7 Å². The maximum absolute atomic E-state index is 13.1. The number of benzene rings is 5. The van der Waals surface area contributed by atoms with E-state index in [2.05, 4.69) is 62.4 Å². The zero-order chi connectivity index (χ0) is 28.1. The van der Waals surface area contributed by atoms with Crippen molar-refractivity contribution in [2.45, 2.75) is 19.8 Å². The maximum Gasteiger partial charge on any atom is 0.343 e. The fourth-order valence-corrected chi connectivity index (χ4v) is 4.83. The molecule has 0 radical (unpaired) electrons. The number of methoxy groups -OCH3 is 1. The molecule has 0 spiro atoms. The van der Waals surface area contributed by atoms with Gasteiger partial charge in [-0.05, 0) is 70.6 Å². The van der Waals surface area contributed by atoms with Crippen molar-refractivity contribution in [1.29, 1.82) is 0 Å². The third kappa shape index (κ3) is 5.71. The predicted octanol–water partition coefficient (Wildman–Crippen LogP) is 8.49. The molecule has 0 aliphatic carbocycles. The molecule has 5 aromatic carbocycles. The molecule has 4 heteroatoms. The van der Waals surface area contributed by atoms with E-state index in [1.165, 1.54) is 35.4 Å². The molecule has 5 aromatic rings. The van der Waals surface area contributed by atoms with E-state index in [4.69, 9.17) is 9.47 Å². The first-order valence-electron chi connectivity index (χ1n) is 13.2. The average Bonchev–Trinajstić information content (AvgIpc) is 3.01. The molecule has 0 amide bonds. The van der Waals surface area contributed by atoms with Gasteiger partial charge in [-0.3, -0.25) is 0 Å². The van der Waals surface area contributed by atoms with Crippen molar-refractivity contribution in [3.8, 4) is 28.0 Å². The van der Waals surface area contributed by atoms with Crippen LogP contribution in [0.15, 0.2) is 121 Å². The van der Waals surface area contributed by atoms with E-state index in [1.54, 1.807) is 18.2 Å². The third-order valence-corrected chi connectivity index (χ3v) is 7.16. The molecule has 0 aliphatic rings. The highest BCUT2D eigenvalue weighted by Crippen LogP contribution is 2.37. The van der Waals surface area contributed by atoms with Gasteiger partial charge < -0.3 is 9.47 Å². The lowest BCUT2D eigenvalue weighted by Crippen LogP contribution is -2.11. The standard InChI is InChI=1S/C36H30O4/c1-24-17-18-28(22-32(24)26-11-6-4-7-12-26)25(2)29-19-20-34(33(23-29)27-13-8-5-9-14-27)40-36(38)31-16-10-15-30(21-31)35(37)39-3/h4-23,25H,1-3H3. The summed E-state index contributed by atoms with van der Waals surface area (Å²) in [7, 11) is 1.31. The van der Waals surface area contributed by atoms with Crippen molar-refractivity contribution in [2.75, 3.05) is 7.11 Å². The highest BCUT2D eigenvalue weighted by molar-refractivity contribution is 5.96. The normalized spacial score (nSPS) is 11.5. The van der Waals surface area contributed by atoms with Gasteiger partial charge >= 0.3 is 11.9 Å². The minimum absolute atomic E-state index is 0.104. The quantitative estimate of drug-likeness (QED) is 0.158. The van der Waals surface area contributed by atoms with E-state index in [1.807, 2.05) is 48.5 Å². The molecule has 1 unspecified atom stereocenters. The molecule has 5 rings (SSSR count). The first-order valence-corrected chi connectivity index (χ1v) is 13.2. The summed E-state index contributed by atoms with van der Waals surface area (Å²) in [6.45, 7) is 4.32. The molecule has 0 fully saturated rings. The summed E-state index contributed by atoms with van der Waals surface area (Å²) in [5.74, 6) is -0.504. The summed E-state index contributed by atoms with van der Waals surface area (Å²) in [5.41, 5.74) is 8.26. The van der Waals surface area contributed by atoms with Gasteiger partial charge in [0.05, 0.1) is 18.2 Å². The predicted molar refractivity (Wildman–Crippen MR) is 159 cm³/mol. The number of carbonyl (C=O) groups is 2. The van der Waals surface area contributed by atoms with Crippen LogP contribution in [-0.4, -0.2) is 19.0 Å². The molecule has 0 bridgehead atoms. The number of hydrogen-bond acceptors (Lipinski definition) is 4. The van der Waals surface area contributed by atoms with Gasteiger partial charge in [-0.25, -0.2) is 9.59 Å². The van der Waals surface area contributed by atoms with Gasteiger partial charge in [0.2, 0.25) is 0 Å². The molecule has 4 nitrogen and oxygen atoms in total. The Labute approximate surface area is 234 Å². The number of hydrogen-bond donors (Lipinski definition) is 0. The van der Waals surface area contributed by atoms with Crippen LogP contribution in [0.2, 0.25) is 0 Å². The minimum Gasteiger partial charge on any atom is -0.465 e. The second-order valence-corrected chi connectivity index (χ2v) is 9.75. The number of aryl methyl sites for hydroxylation is 1. The minimum atomic E-state index is -0.547. The van der Waals surface area contributed by atoms with E-state index in [-0.39, 0.29) is 17.0 Å². The fraction of sp³-hybridized carbons (Fsp3) is 0.111. The molecule has 0 heterocycles. The molecule has 0 aromatic heterocycles. The highest BCUT2D eigenvalue weighted by Gasteiger charge is 2.18. The Morgan fingerprint density at radius 2 is 1.15 bits per heavy atom. The van der Waals surface area contributed by atoms with Gasteiger partial charge in [-0.1, -0.05) is 97.9 Å². The van der Waals surface area contributed by atoms with Crippen molar-refractivity contribution in [2.24, 2.45) is 0 Å². The van der Waals surface area contributed by atoms with Crippen LogP contribution in [-0.2, 0) is 4.74 Å². The topological polar surface area (TPSA) is 52.6 Å². The lowest BCUT2D eigenvalue weighted by atomic mass is 9.87. The largest absolute Gasteiger partial charge is 0.465 e. The molecule has 0 aliphatic heterocycles. The van der Waals surface area contributed by atoms with Crippen molar-refractivity contribution in [1.82, 2.24) is 0 Å². The van der Waals surface area contributed by atoms with Gasteiger partial charge in [0, 0.05) is 11.5 Å². The van der Waals surface area contributed by atoms with Gasteiger partial charge in [0.25, 0.3) is 0 Å². The summed E-state index contributed by atoms with van der Waals surface area (Å²) in [5, 5.41) is 0. The molecule has 198 valence electrons. The second-order valence-electron chi connectivity index (χ2n) is 9.75. The smallest absolute Gasteiger partial charge is 0.343 e. The van der Waals surface area contributed by atoms with E-state index in [9.17, 15) is 9.59 Å². The van der Waals surface area contributed by atoms with E-state index in [0.29, 0.717) is 5.75 Å². The van der Waals surface area contributed by atoms with Crippen LogP contribution in [0.5, 0.6) is 5.75 Å². The van der Waals surface area contributed by atoms with Crippen molar-refractivity contribution in [3.63, 3.8) is 0 Å². The Balaban J connectivity index is 1.50. The molecule has 0 N–H and O–H groups in total. The Morgan fingerprint density at radius 3 is 1.77 bits per heavy atom. The molecule has 40 heavy (non-hydrogen) atoms. The number of ether oxygens (including phenoxy) is 2. The Kier molecular flexibility index (Phi) is 7.88. The van der Waals surface area contributed by atoms with Gasteiger partial charge in [0.1, 0.15) is 5.75 Å².